The van der Waals surface area contributed by atoms with E-state index in [0.29, 0.717) is 11.1 Å². The zero-order valence-electron chi connectivity index (χ0n) is 12.1. The van der Waals surface area contributed by atoms with Gasteiger partial charge in [0, 0.05) is 5.56 Å². The van der Waals surface area contributed by atoms with Crippen LogP contribution in [0.4, 0.5) is 0 Å². The molecule has 0 aliphatic heterocycles. The van der Waals surface area contributed by atoms with Crippen molar-refractivity contribution in [1.29, 1.82) is 5.26 Å². The number of carbonyl (C=O) groups excluding carboxylic acids is 2. The molecule has 2 aromatic rings. The number of ketones is 2. The van der Waals surface area contributed by atoms with E-state index in [1.165, 1.54) is 6.26 Å². The van der Waals surface area contributed by atoms with Crippen LogP contribution < -0.4 is 0 Å². The molecule has 0 N–H and O–H groups in total. The minimum Gasteiger partial charge on any atom is -0.461 e. The van der Waals surface area contributed by atoms with E-state index in [2.05, 4.69) is 0 Å². The first-order valence-electron chi connectivity index (χ1n) is 6.55. The van der Waals surface area contributed by atoms with E-state index in [-0.39, 0.29) is 5.76 Å². The summed E-state index contributed by atoms with van der Waals surface area (Å²) in [7, 11) is 0. The molecule has 0 amide bonds. The molecule has 0 fully saturated rings. The number of hydrogen-bond donors (Lipinski definition) is 0. The highest BCUT2D eigenvalue weighted by Gasteiger charge is 2.32. The summed E-state index contributed by atoms with van der Waals surface area (Å²) < 4.78 is 5.10. The van der Waals surface area contributed by atoms with E-state index in [0.717, 1.165) is 11.1 Å². The number of rotatable bonds is 4. The van der Waals surface area contributed by atoms with Crippen molar-refractivity contribution in [2.75, 3.05) is 0 Å². The van der Waals surface area contributed by atoms with E-state index < -0.39 is 17.5 Å². The van der Waals surface area contributed by atoms with Gasteiger partial charge in [-0.25, -0.2) is 0 Å². The number of carbonyl (C=O) groups is 2. The van der Waals surface area contributed by atoms with Gasteiger partial charge in [0.2, 0.25) is 5.78 Å². The third-order valence-electron chi connectivity index (χ3n) is 3.61. The Hall–Kier alpha value is -2.67. The lowest BCUT2D eigenvalue weighted by molar-refractivity contribution is 0.0828. The van der Waals surface area contributed by atoms with Crippen LogP contribution >= 0.6 is 0 Å². The summed E-state index contributed by atoms with van der Waals surface area (Å²) in [4.78, 5) is 24.8. The Morgan fingerprint density at radius 1 is 1.10 bits per heavy atom. The van der Waals surface area contributed by atoms with Gasteiger partial charge in [0.05, 0.1) is 12.3 Å². The molecule has 4 nitrogen and oxygen atoms in total. The summed E-state index contributed by atoms with van der Waals surface area (Å²) in [5.74, 6) is -2.39. The summed E-state index contributed by atoms with van der Waals surface area (Å²) in [5.41, 5.74) is 2.75. The number of nitriles is 1. The molecule has 0 radical (unpaired) electrons. The topological polar surface area (TPSA) is 71.1 Å². The summed E-state index contributed by atoms with van der Waals surface area (Å²) in [5, 5.41) is 9.24. The molecule has 0 aliphatic carbocycles. The molecule has 4 heteroatoms. The van der Waals surface area contributed by atoms with E-state index in [1.54, 1.807) is 38.1 Å². The third kappa shape index (κ3) is 2.63. The molecule has 21 heavy (non-hydrogen) atoms. The van der Waals surface area contributed by atoms with Crippen LogP contribution in [0.15, 0.2) is 34.9 Å². The average molecular weight is 281 g/mol. The van der Waals surface area contributed by atoms with Gasteiger partial charge < -0.3 is 4.42 Å². The first-order chi connectivity index (χ1) is 9.97. The van der Waals surface area contributed by atoms with Crippen molar-refractivity contribution in [2.24, 2.45) is 5.92 Å². The van der Waals surface area contributed by atoms with Gasteiger partial charge in [-0.2, -0.15) is 5.26 Å². The fourth-order valence-corrected chi connectivity index (χ4v) is 2.17. The van der Waals surface area contributed by atoms with Gasteiger partial charge in [-0.15, -0.1) is 0 Å². The van der Waals surface area contributed by atoms with E-state index in [9.17, 15) is 14.9 Å². The quantitative estimate of drug-likeness (QED) is 0.636. The van der Waals surface area contributed by atoms with Crippen molar-refractivity contribution in [3.8, 4) is 6.07 Å². The second kappa shape index (κ2) is 5.76. The maximum atomic E-state index is 12.5. The lowest BCUT2D eigenvalue weighted by Crippen LogP contribution is -2.24. The molecular weight excluding hydrogens is 266 g/mol. The Morgan fingerprint density at radius 3 is 2.38 bits per heavy atom. The number of hydrogen-bond acceptors (Lipinski definition) is 4. The van der Waals surface area contributed by atoms with Crippen LogP contribution in [-0.2, 0) is 0 Å². The monoisotopic (exact) mass is 281 g/mol. The summed E-state index contributed by atoms with van der Waals surface area (Å²) in [6.07, 6.45) is 1.37. The second-order valence-electron chi connectivity index (χ2n) is 4.97. The van der Waals surface area contributed by atoms with Crippen molar-refractivity contribution in [1.82, 2.24) is 0 Å². The second-order valence-corrected chi connectivity index (χ2v) is 4.97. The van der Waals surface area contributed by atoms with Crippen LogP contribution in [0.1, 0.15) is 37.6 Å². The number of furan rings is 1. The van der Waals surface area contributed by atoms with Gasteiger partial charge in [0.25, 0.3) is 0 Å². The first kappa shape index (κ1) is 14.7. The van der Waals surface area contributed by atoms with Crippen molar-refractivity contribution in [3.05, 3.63) is 58.5 Å². The molecular formula is C17H15NO3. The zero-order chi connectivity index (χ0) is 15.6. The Bertz CT molecular complexity index is 750. The molecule has 0 saturated carbocycles. The Morgan fingerprint density at radius 2 is 1.81 bits per heavy atom. The maximum Gasteiger partial charge on any atom is 0.223 e. The van der Waals surface area contributed by atoms with Gasteiger partial charge >= 0.3 is 0 Å². The molecule has 1 atom stereocenters. The molecule has 0 saturated heterocycles. The van der Waals surface area contributed by atoms with Gasteiger partial charge in [-0.3, -0.25) is 9.59 Å². The van der Waals surface area contributed by atoms with Crippen LogP contribution in [-0.4, -0.2) is 11.6 Å². The normalized spacial score (nSPS) is 11.7. The molecule has 0 spiro atoms. The molecule has 1 aromatic heterocycles. The SMILES string of the molecule is Cc1ccoc1C(=O)C(C#N)C(=O)c1cccc(C)c1C. The van der Waals surface area contributed by atoms with Crippen LogP contribution in [0.5, 0.6) is 0 Å². The van der Waals surface area contributed by atoms with Crippen molar-refractivity contribution in [2.45, 2.75) is 20.8 Å². The number of benzene rings is 1. The molecule has 1 heterocycles. The summed E-state index contributed by atoms with van der Waals surface area (Å²) in [6, 6.07) is 8.69. The molecule has 0 bridgehead atoms. The Kier molecular flexibility index (Phi) is 4.04. The first-order valence-corrected chi connectivity index (χ1v) is 6.55. The number of Topliss-reactive ketones (excluding diaryl/α,β-unsaturated/α-hetero) is 2. The van der Waals surface area contributed by atoms with Crippen molar-refractivity contribution >= 4 is 11.6 Å². The lowest BCUT2D eigenvalue weighted by atomic mass is 9.89. The molecule has 1 unspecified atom stereocenters. The van der Waals surface area contributed by atoms with E-state index >= 15 is 0 Å². The van der Waals surface area contributed by atoms with Gasteiger partial charge in [-0.1, -0.05) is 18.2 Å². The van der Waals surface area contributed by atoms with Gasteiger partial charge in [0.15, 0.2) is 17.5 Å². The van der Waals surface area contributed by atoms with Gasteiger partial charge in [0.1, 0.15) is 0 Å². The lowest BCUT2D eigenvalue weighted by Gasteiger charge is -2.10. The molecule has 2 rings (SSSR count). The third-order valence-corrected chi connectivity index (χ3v) is 3.61. The Labute approximate surface area is 123 Å². The predicted octanol–water partition coefficient (Wildman–Crippen LogP) is 3.41. The predicted molar refractivity (Wildman–Crippen MR) is 77.1 cm³/mol. The van der Waals surface area contributed by atoms with E-state index in [4.69, 9.17) is 4.42 Å². The fraction of sp³-hybridized carbons (Fsp3) is 0.235. The Balaban J connectivity index is 2.41. The van der Waals surface area contributed by atoms with Crippen molar-refractivity contribution in [3.63, 3.8) is 0 Å². The van der Waals surface area contributed by atoms with Crippen LogP contribution in [0.3, 0.4) is 0 Å². The number of aryl methyl sites for hydroxylation is 2. The van der Waals surface area contributed by atoms with Gasteiger partial charge in [-0.05, 0) is 43.5 Å². The zero-order valence-corrected chi connectivity index (χ0v) is 12.1. The average Bonchev–Trinajstić information content (AvgIpc) is 2.88. The van der Waals surface area contributed by atoms with Crippen LogP contribution in [0.25, 0.3) is 0 Å². The molecule has 0 aliphatic rings. The fourth-order valence-electron chi connectivity index (χ4n) is 2.17. The van der Waals surface area contributed by atoms with E-state index in [1.807, 2.05) is 13.0 Å². The molecule has 106 valence electrons. The minimum atomic E-state index is -1.38. The highest BCUT2D eigenvalue weighted by molar-refractivity contribution is 6.17. The van der Waals surface area contributed by atoms with Crippen molar-refractivity contribution < 1.29 is 14.0 Å². The summed E-state index contributed by atoms with van der Waals surface area (Å²) >= 11 is 0. The van der Waals surface area contributed by atoms with Crippen LogP contribution in [0, 0.1) is 38.0 Å². The largest absolute Gasteiger partial charge is 0.461 e. The molecule has 1 aromatic carbocycles. The highest BCUT2D eigenvalue weighted by atomic mass is 16.3. The maximum absolute atomic E-state index is 12.5. The standard InChI is InChI=1S/C17H15NO3/c1-10-5-4-6-13(12(10)3)15(19)14(9-18)16(20)17-11(2)7-8-21-17/h4-8,14H,1-3H3. The smallest absolute Gasteiger partial charge is 0.223 e. The van der Waals surface area contributed by atoms with Crippen LogP contribution in [0.2, 0.25) is 0 Å². The summed E-state index contributed by atoms with van der Waals surface area (Å²) in [6.45, 7) is 5.39. The minimum absolute atomic E-state index is 0.0696. The highest BCUT2D eigenvalue weighted by Crippen LogP contribution is 2.21. The number of nitrogens with zero attached hydrogens (tertiary/aromatic N) is 1.